The molecular weight excluding hydrogens is 228 g/mol. The second kappa shape index (κ2) is 6.24. The topological polar surface area (TPSA) is 46.5 Å². The summed E-state index contributed by atoms with van der Waals surface area (Å²) < 4.78 is 5.35. The van der Waals surface area contributed by atoms with Crippen molar-refractivity contribution in [1.29, 1.82) is 0 Å². The first kappa shape index (κ1) is 12.7. The monoisotopic (exact) mass is 246 g/mol. The molecule has 2 rings (SSSR count). The number of phenolic OH excluding ortho intramolecular Hbond substituents is 1. The number of para-hydroxylation sites is 1. The van der Waals surface area contributed by atoms with Gasteiger partial charge in [-0.1, -0.05) is 24.6 Å². The van der Waals surface area contributed by atoms with Gasteiger partial charge < -0.3 is 9.84 Å². The molecule has 0 unspecified atom stereocenters. The molecule has 0 spiro atoms. The third kappa shape index (κ3) is 3.62. The molecule has 0 aliphatic heterocycles. The van der Waals surface area contributed by atoms with Crippen LogP contribution in [0.1, 0.15) is 37.7 Å². The van der Waals surface area contributed by atoms with Crippen molar-refractivity contribution in [3.05, 3.63) is 35.9 Å². The van der Waals surface area contributed by atoms with Crippen LogP contribution in [-0.2, 0) is 9.53 Å². The number of benzene rings is 1. The Hall–Kier alpha value is -1.77. The van der Waals surface area contributed by atoms with Gasteiger partial charge in [-0.25, -0.2) is 4.79 Å². The summed E-state index contributed by atoms with van der Waals surface area (Å²) in [5, 5.41) is 9.54. The average molecular weight is 246 g/mol. The van der Waals surface area contributed by atoms with E-state index in [1.54, 1.807) is 24.3 Å². The Balaban J connectivity index is 1.88. The molecule has 0 radical (unpaired) electrons. The molecule has 1 aromatic carbocycles. The van der Waals surface area contributed by atoms with Crippen molar-refractivity contribution in [3.63, 3.8) is 0 Å². The summed E-state index contributed by atoms with van der Waals surface area (Å²) in [5.74, 6) is -0.163. The van der Waals surface area contributed by atoms with Crippen LogP contribution in [0.2, 0.25) is 0 Å². The molecule has 0 saturated heterocycles. The second-order valence-electron chi connectivity index (χ2n) is 4.59. The number of hydrogen-bond donors (Lipinski definition) is 1. The smallest absolute Gasteiger partial charge is 0.331 e. The zero-order valence-corrected chi connectivity index (χ0v) is 10.3. The summed E-state index contributed by atoms with van der Waals surface area (Å²) in [7, 11) is 0. The van der Waals surface area contributed by atoms with Gasteiger partial charge in [0.15, 0.2) is 0 Å². The predicted octanol–water partition coefficient (Wildman–Crippen LogP) is 3.28. The lowest BCUT2D eigenvalue weighted by Gasteiger charge is -2.20. The summed E-state index contributed by atoms with van der Waals surface area (Å²) in [6, 6.07) is 6.89. The molecule has 96 valence electrons. The number of carbonyl (C=O) groups excluding carboxylic acids is 1. The molecule has 3 nitrogen and oxygen atoms in total. The molecule has 0 bridgehead atoms. The fourth-order valence-corrected chi connectivity index (χ4v) is 2.17. The van der Waals surface area contributed by atoms with Crippen molar-refractivity contribution < 1.29 is 14.6 Å². The Morgan fingerprint density at radius 3 is 2.67 bits per heavy atom. The summed E-state index contributed by atoms with van der Waals surface area (Å²) in [5.41, 5.74) is 0.623. The molecule has 1 aromatic rings. The number of esters is 1. The molecular formula is C15H18O3. The van der Waals surface area contributed by atoms with Crippen LogP contribution in [-0.4, -0.2) is 17.2 Å². The van der Waals surface area contributed by atoms with E-state index in [0.717, 1.165) is 25.7 Å². The van der Waals surface area contributed by atoms with Gasteiger partial charge in [0.1, 0.15) is 11.9 Å². The highest BCUT2D eigenvalue weighted by Crippen LogP contribution is 2.21. The van der Waals surface area contributed by atoms with Crippen LogP contribution in [0, 0.1) is 0 Å². The van der Waals surface area contributed by atoms with Crippen LogP contribution in [0.4, 0.5) is 0 Å². The van der Waals surface area contributed by atoms with Crippen molar-refractivity contribution in [1.82, 2.24) is 0 Å². The minimum absolute atomic E-state index is 0.0697. The van der Waals surface area contributed by atoms with Gasteiger partial charge >= 0.3 is 5.97 Å². The molecule has 18 heavy (non-hydrogen) atoms. The average Bonchev–Trinajstić information content (AvgIpc) is 2.39. The molecule has 0 atom stereocenters. The standard InChI is InChI=1S/C15H18O3/c16-14-9-5-4-6-12(14)10-11-15(17)18-13-7-2-1-3-8-13/h4-6,9-11,13,16H,1-3,7-8H2/b11-10+. The largest absolute Gasteiger partial charge is 0.507 e. The molecule has 1 saturated carbocycles. The summed E-state index contributed by atoms with van der Waals surface area (Å²) >= 11 is 0. The zero-order valence-electron chi connectivity index (χ0n) is 10.3. The van der Waals surface area contributed by atoms with E-state index in [0.29, 0.717) is 5.56 Å². The van der Waals surface area contributed by atoms with Crippen LogP contribution >= 0.6 is 0 Å². The third-order valence-electron chi connectivity index (χ3n) is 3.17. The molecule has 0 aromatic heterocycles. The Bertz CT molecular complexity index is 431. The summed E-state index contributed by atoms with van der Waals surface area (Å²) in [6.45, 7) is 0. The van der Waals surface area contributed by atoms with Crippen molar-refractivity contribution in [2.24, 2.45) is 0 Å². The van der Waals surface area contributed by atoms with Gasteiger partial charge in [-0.15, -0.1) is 0 Å². The van der Waals surface area contributed by atoms with Crippen molar-refractivity contribution in [2.75, 3.05) is 0 Å². The van der Waals surface area contributed by atoms with E-state index in [2.05, 4.69) is 0 Å². The lowest BCUT2D eigenvalue weighted by molar-refractivity contribution is -0.144. The van der Waals surface area contributed by atoms with Gasteiger partial charge in [0.25, 0.3) is 0 Å². The number of ether oxygens (including phenoxy) is 1. The van der Waals surface area contributed by atoms with Gasteiger partial charge in [-0.05, 0) is 37.8 Å². The minimum atomic E-state index is -0.329. The Labute approximate surface area is 107 Å². The lowest BCUT2D eigenvalue weighted by Crippen LogP contribution is -2.19. The number of aromatic hydroxyl groups is 1. The van der Waals surface area contributed by atoms with Gasteiger partial charge in [0.05, 0.1) is 0 Å². The van der Waals surface area contributed by atoms with E-state index in [9.17, 15) is 9.90 Å². The fraction of sp³-hybridized carbons (Fsp3) is 0.400. The van der Waals surface area contributed by atoms with Gasteiger partial charge in [0, 0.05) is 11.6 Å². The molecule has 1 N–H and O–H groups in total. The fourth-order valence-electron chi connectivity index (χ4n) is 2.17. The number of rotatable bonds is 3. The van der Waals surface area contributed by atoms with E-state index in [1.165, 1.54) is 12.5 Å². The Morgan fingerprint density at radius 1 is 1.22 bits per heavy atom. The van der Waals surface area contributed by atoms with Crippen LogP contribution in [0.25, 0.3) is 6.08 Å². The first-order chi connectivity index (χ1) is 8.75. The Kier molecular flexibility index (Phi) is 4.40. The highest BCUT2D eigenvalue weighted by atomic mass is 16.5. The quantitative estimate of drug-likeness (QED) is 0.657. The maximum Gasteiger partial charge on any atom is 0.331 e. The van der Waals surface area contributed by atoms with Gasteiger partial charge in [0.2, 0.25) is 0 Å². The number of hydrogen-bond acceptors (Lipinski definition) is 3. The number of carbonyl (C=O) groups is 1. The van der Waals surface area contributed by atoms with E-state index in [-0.39, 0.29) is 17.8 Å². The highest BCUT2D eigenvalue weighted by Gasteiger charge is 2.16. The van der Waals surface area contributed by atoms with Gasteiger partial charge in [-0.2, -0.15) is 0 Å². The SMILES string of the molecule is O=C(/C=C/c1ccccc1O)OC1CCCCC1. The zero-order chi connectivity index (χ0) is 12.8. The van der Waals surface area contributed by atoms with Crippen LogP contribution in [0.5, 0.6) is 5.75 Å². The Morgan fingerprint density at radius 2 is 1.94 bits per heavy atom. The molecule has 1 aliphatic carbocycles. The van der Waals surface area contributed by atoms with Crippen LogP contribution in [0.15, 0.2) is 30.3 Å². The van der Waals surface area contributed by atoms with Crippen LogP contribution in [0.3, 0.4) is 0 Å². The lowest BCUT2D eigenvalue weighted by atomic mass is 9.98. The van der Waals surface area contributed by atoms with Gasteiger partial charge in [-0.3, -0.25) is 0 Å². The predicted molar refractivity (Wildman–Crippen MR) is 70.1 cm³/mol. The molecule has 3 heteroatoms. The van der Waals surface area contributed by atoms with Crippen molar-refractivity contribution in [2.45, 2.75) is 38.2 Å². The van der Waals surface area contributed by atoms with E-state index >= 15 is 0 Å². The second-order valence-corrected chi connectivity index (χ2v) is 4.59. The van der Waals surface area contributed by atoms with Crippen molar-refractivity contribution in [3.8, 4) is 5.75 Å². The van der Waals surface area contributed by atoms with Crippen LogP contribution < -0.4 is 0 Å². The van der Waals surface area contributed by atoms with Crippen molar-refractivity contribution >= 4 is 12.0 Å². The third-order valence-corrected chi connectivity index (χ3v) is 3.17. The molecule has 0 heterocycles. The first-order valence-electron chi connectivity index (χ1n) is 6.42. The highest BCUT2D eigenvalue weighted by molar-refractivity contribution is 5.87. The molecule has 1 aliphatic rings. The maximum absolute atomic E-state index is 11.6. The summed E-state index contributed by atoms with van der Waals surface area (Å²) in [6.07, 6.45) is 8.49. The number of phenols is 1. The molecule has 1 fully saturated rings. The summed E-state index contributed by atoms with van der Waals surface area (Å²) in [4.78, 5) is 11.6. The normalized spacial score (nSPS) is 16.9. The molecule has 0 amide bonds. The minimum Gasteiger partial charge on any atom is -0.507 e. The maximum atomic E-state index is 11.6. The van der Waals surface area contributed by atoms with E-state index in [1.807, 2.05) is 6.07 Å². The van der Waals surface area contributed by atoms with E-state index in [4.69, 9.17) is 4.74 Å². The first-order valence-corrected chi connectivity index (χ1v) is 6.42. The van der Waals surface area contributed by atoms with E-state index < -0.39 is 0 Å².